The topological polar surface area (TPSA) is 19.6 Å². The van der Waals surface area contributed by atoms with Crippen molar-refractivity contribution in [3.05, 3.63) is 135 Å². The van der Waals surface area contributed by atoms with Gasteiger partial charge in [0.25, 0.3) is 6.71 Å². The second-order valence-electron chi connectivity index (χ2n) is 31.3. The second kappa shape index (κ2) is 15.6. The SMILES string of the molecule is Cc1cc2c3c(c1)N(c1ccc(C(C)(C)C)cc1-c1ccc4c(c1)C(C)(C)CCC4(C)C)c1c(oc4c1C(C)(C)CCC4(C)C)B3c1cc3c(cc1N2c1ccc2c(c1)C(C)(C)CCC2(C)C)C(C)(C)CCC3(C)C. The molecule has 0 spiro atoms. The third-order valence-electron chi connectivity index (χ3n) is 21.0. The summed E-state index contributed by atoms with van der Waals surface area (Å²) in [5.74, 6) is 1.17. The molecule has 3 heterocycles. The van der Waals surface area contributed by atoms with Gasteiger partial charge in [-0.1, -0.05) is 168 Å². The number of anilines is 6. The monoisotopic (exact) mass is 997 g/mol. The lowest BCUT2D eigenvalue weighted by molar-refractivity contribution is 0.282. The van der Waals surface area contributed by atoms with Crippen molar-refractivity contribution in [1.82, 2.24) is 0 Å². The van der Waals surface area contributed by atoms with Crippen LogP contribution in [0.25, 0.3) is 11.1 Å². The first kappa shape index (κ1) is 50.8. The molecule has 0 atom stereocenters. The zero-order valence-corrected chi connectivity index (χ0v) is 50.0. The van der Waals surface area contributed by atoms with Crippen molar-refractivity contribution in [2.75, 3.05) is 9.80 Å². The summed E-state index contributed by atoms with van der Waals surface area (Å²) in [4.78, 5) is 5.46. The molecule has 0 amide bonds. The Balaban J connectivity index is 1.22. The number of aryl methyl sites for hydroxylation is 1. The van der Waals surface area contributed by atoms with Gasteiger partial charge >= 0.3 is 0 Å². The van der Waals surface area contributed by atoms with E-state index in [2.05, 4.69) is 227 Å². The molecule has 4 aliphatic carbocycles. The number of rotatable bonds is 3. The van der Waals surface area contributed by atoms with E-state index in [9.17, 15) is 0 Å². The molecule has 0 radical (unpaired) electrons. The highest BCUT2D eigenvalue weighted by molar-refractivity contribution is 6.99. The normalized spacial score (nSPS) is 22.2. The van der Waals surface area contributed by atoms with Crippen LogP contribution in [0.4, 0.5) is 34.1 Å². The van der Waals surface area contributed by atoms with E-state index >= 15 is 0 Å². The minimum atomic E-state index is -0.135. The Morgan fingerprint density at radius 2 is 0.920 bits per heavy atom. The average molecular weight is 997 g/mol. The summed E-state index contributed by atoms with van der Waals surface area (Å²) in [6.45, 7) is 49.0. The smallest absolute Gasteiger partial charge is 0.297 e. The summed E-state index contributed by atoms with van der Waals surface area (Å²) in [5.41, 5.74) is 27.2. The van der Waals surface area contributed by atoms with E-state index < -0.39 is 0 Å². The van der Waals surface area contributed by atoms with Crippen LogP contribution in [0.2, 0.25) is 0 Å². The fourth-order valence-electron chi connectivity index (χ4n) is 15.4. The molecule has 6 aromatic rings. The van der Waals surface area contributed by atoms with Crippen LogP contribution in [0.15, 0.2) is 83.3 Å². The first-order chi connectivity index (χ1) is 34.7. The van der Waals surface area contributed by atoms with E-state index in [-0.39, 0.29) is 55.4 Å². The van der Waals surface area contributed by atoms with E-state index in [1.165, 1.54) is 144 Å². The summed E-state index contributed by atoms with van der Waals surface area (Å²) in [6.07, 6.45) is 9.27. The predicted molar refractivity (Wildman–Crippen MR) is 323 cm³/mol. The molecule has 75 heavy (non-hydrogen) atoms. The molecule has 0 fully saturated rings. The molecule has 3 nitrogen and oxygen atoms in total. The number of hydrogen-bond donors (Lipinski definition) is 0. The van der Waals surface area contributed by atoms with E-state index in [0.29, 0.717) is 0 Å². The van der Waals surface area contributed by atoms with Crippen LogP contribution >= 0.6 is 0 Å². The minimum Gasteiger partial charge on any atom is -0.472 e. The Morgan fingerprint density at radius 1 is 0.440 bits per heavy atom. The van der Waals surface area contributed by atoms with Gasteiger partial charge in [0.2, 0.25) is 0 Å². The molecule has 392 valence electrons. The van der Waals surface area contributed by atoms with Gasteiger partial charge in [-0.3, -0.25) is 0 Å². The average Bonchev–Trinajstić information content (AvgIpc) is 3.75. The fourth-order valence-corrected chi connectivity index (χ4v) is 15.4. The zero-order chi connectivity index (χ0) is 53.9. The summed E-state index contributed by atoms with van der Waals surface area (Å²) in [7, 11) is 0. The molecule has 1 aromatic heterocycles. The molecule has 0 unspecified atom stereocenters. The Kier molecular flexibility index (Phi) is 10.6. The lowest BCUT2D eigenvalue weighted by Gasteiger charge is -2.47. The molecule has 2 aliphatic heterocycles. The summed E-state index contributed by atoms with van der Waals surface area (Å²) >= 11 is 0. The highest BCUT2D eigenvalue weighted by Gasteiger charge is 2.54. The molecule has 5 aromatic carbocycles. The Labute approximate surface area is 453 Å². The Bertz CT molecular complexity index is 3410. The predicted octanol–water partition coefficient (Wildman–Crippen LogP) is 18.0. The van der Waals surface area contributed by atoms with Crippen LogP contribution in [-0.2, 0) is 48.7 Å². The van der Waals surface area contributed by atoms with Crippen LogP contribution < -0.4 is 26.4 Å². The largest absolute Gasteiger partial charge is 0.472 e. The number of furan rings is 1. The highest BCUT2D eigenvalue weighted by Crippen LogP contribution is 2.58. The van der Waals surface area contributed by atoms with E-state index in [4.69, 9.17) is 4.42 Å². The van der Waals surface area contributed by atoms with E-state index in [0.717, 1.165) is 24.9 Å². The highest BCUT2D eigenvalue weighted by atomic mass is 16.3. The van der Waals surface area contributed by atoms with Gasteiger partial charge in [0.05, 0.1) is 17.0 Å². The number of benzene rings is 5. The van der Waals surface area contributed by atoms with Crippen molar-refractivity contribution in [2.24, 2.45) is 0 Å². The quantitative estimate of drug-likeness (QED) is 0.165. The summed E-state index contributed by atoms with van der Waals surface area (Å²) < 4.78 is 7.96. The maximum absolute atomic E-state index is 7.96. The maximum Gasteiger partial charge on any atom is 0.297 e. The lowest BCUT2D eigenvalue weighted by Crippen LogP contribution is -2.61. The number of nitrogens with zero attached hydrogens (tertiary/aromatic N) is 2. The van der Waals surface area contributed by atoms with Gasteiger partial charge in [-0.25, -0.2) is 0 Å². The molecule has 4 heteroatoms. The minimum absolute atomic E-state index is 0.0286. The molecule has 0 bridgehead atoms. The maximum atomic E-state index is 7.96. The molecular weight excluding hydrogens is 908 g/mol. The van der Waals surface area contributed by atoms with Crippen molar-refractivity contribution in [3.63, 3.8) is 0 Å². The van der Waals surface area contributed by atoms with Gasteiger partial charge in [-0.2, -0.15) is 0 Å². The third kappa shape index (κ3) is 7.45. The van der Waals surface area contributed by atoms with Gasteiger partial charge in [0.1, 0.15) is 5.76 Å². The summed E-state index contributed by atoms with van der Waals surface area (Å²) in [6, 6.07) is 33.1. The Morgan fingerprint density at radius 3 is 1.49 bits per heavy atom. The second-order valence-corrected chi connectivity index (χ2v) is 31.3. The molecule has 6 aliphatic rings. The van der Waals surface area contributed by atoms with Gasteiger partial charge in [0.15, 0.2) is 0 Å². The van der Waals surface area contributed by atoms with Crippen molar-refractivity contribution in [2.45, 2.75) is 239 Å². The lowest BCUT2D eigenvalue weighted by atomic mass is 9.35. The van der Waals surface area contributed by atoms with Crippen LogP contribution in [0, 0.1) is 6.92 Å². The van der Waals surface area contributed by atoms with Gasteiger partial charge < -0.3 is 14.2 Å². The van der Waals surface area contributed by atoms with Gasteiger partial charge in [-0.05, 0) is 205 Å². The van der Waals surface area contributed by atoms with Crippen molar-refractivity contribution >= 4 is 57.4 Å². The van der Waals surface area contributed by atoms with E-state index in [1.54, 1.807) is 0 Å². The molecule has 0 saturated carbocycles. The van der Waals surface area contributed by atoms with Crippen LogP contribution in [0.1, 0.15) is 239 Å². The molecular formula is C71H89BN2O. The summed E-state index contributed by atoms with van der Waals surface area (Å²) in [5, 5.41) is 0. The van der Waals surface area contributed by atoms with Crippen molar-refractivity contribution in [1.29, 1.82) is 0 Å². The first-order valence-electron chi connectivity index (χ1n) is 29.2. The fraction of sp³-hybridized carbons (Fsp3) is 0.521. The van der Waals surface area contributed by atoms with Crippen molar-refractivity contribution in [3.8, 4) is 11.1 Å². The number of fused-ring (bicyclic) bond motifs is 9. The van der Waals surface area contributed by atoms with Crippen LogP contribution in [-0.4, -0.2) is 6.71 Å². The zero-order valence-electron chi connectivity index (χ0n) is 50.0. The van der Waals surface area contributed by atoms with Gasteiger partial charge in [-0.15, -0.1) is 0 Å². The van der Waals surface area contributed by atoms with Crippen LogP contribution in [0.3, 0.4) is 0 Å². The molecule has 0 N–H and O–H groups in total. The van der Waals surface area contributed by atoms with Crippen molar-refractivity contribution < 1.29 is 4.42 Å². The van der Waals surface area contributed by atoms with E-state index in [1.807, 2.05) is 0 Å². The third-order valence-corrected chi connectivity index (χ3v) is 21.0. The number of hydrogen-bond acceptors (Lipinski definition) is 3. The first-order valence-corrected chi connectivity index (χ1v) is 29.2. The standard InChI is InChI=1S/C71H89BN2O/c1-42-35-56-59-57(36-42)74(54-26-22-44(63(2,3)4)38-46(54)43-21-24-47-49(37-43)66(9,10)29-27-64(47,5)6)60-58-61(71(19,20)34-33-70(58,17)18)75-62(60)72(59)53-40-51-52(69(15,16)32-31-68(51,13)14)41-55(53)73(56)45-23-25-48-50(39-45)67(11,12)30-28-65(48,7)8/h21-26,35-41H,27-34H2,1-20H3. The van der Waals surface area contributed by atoms with Gasteiger partial charge in [0, 0.05) is 39.3 Å². The molecule has 12 rings (SSSR count). The van der Waals surface area contributed by atoms with Crippen LogP contribution in [0.5, 0.6) is 0 Å². The molecule has 0 saturated heterocycles. The Hall–Kier alpha value is -4.96.